The second kappa shape index (κ2) is 37.9. The van der Waals surface area contributed by atoms with Gasteiger partial charge in [-0.05, 0) is 199 Å². The number of terminal acetylenes is 1. The Morgan fingerprint density at radius 3 is 1.19 bits per heavy atom. The van der Waals surface area contributed by atoms with Crippen molar-refractivity contribution in [3.8, 4) is 58.0 Å². The molecule has 129 heavy (non-hydrogen) atoms. The number of nitrogens with zero attached hydrogens (tertiary/aromatic N) is 17. The predicted molar refractivity (Wildman–Crippen MR) is 491 cm³/mol. The molecule has 0 radical (unpaired) electrons. The largest absolute Gasteiger partial charge is 0.443 e. The number of H-pyrrole nitrogens is 3. The van der Waals surface area contributed by atoms with Gasteiger partial charge in [0.1, 0.15) is 39.4 Å². The Morgan fingerprint density at radius 1 is 0.442 bits per heavy atom. The van der Waals surface area contributed by atoms with Gasteiger partial charge in [-0.25, -0.2) is 73.5 Å². The lowest BCUT2D eigenvalue weighted by atomic mass is 10.1. The molecule has 0 saturated carbocycles. The summed E-state index contributed by atoms with van der Waals surface area (Å²) in [7, 11) is 3.99. The standard InChI is InChI=1S/C24H19N3O5.C20H14N6O2.C14H16N6.C12H13IN2O2.C12H12N6.C11H7NO2/c1-24(2,3)32-23(31)27-14-18(15-10-6-12-25-20(15)27)19(28)11-7-13-26-21(29)16-8-4-5-9-17(16)22(26)30;21-20-24-11(10-26-18(27)13-4-1-2-5-14(13)19(26)28)8-16(25-20)15-9-23-17-12(15)6-3-7-22-17;1-20(2)8-9-6-12(19-14(15)18-9)11-7-17-13-10(11)4-3-5-16-13;1-12(2,3)17-11(16)15-7-9(13)8-5-4-6-14-10(8)15;13-5-7-4-10(18-12(14)17-7)9-6-16-11-8(9)2-1-3-15-11;1-2-7-12-10(13)8-5-3-4-6-9(8)11(12)14/h4-6,8-10,12,14H,13H2,1-3H3;1-9H,10H2,(H,22,23)(H2,21,24,25);3-7H,8H2,1-2H3,(H,16,17)(H2,15,18,19);4-7H,1-3H3;1-4,6H,5,13H2,(H,15,16)(H2,14,17,18);1,3-6H,7H2. The Balaban J connectivity index is 0.000000128. The van der Waals surface area contributed by atoms with E-state index in [1.807, 2.05) is 113 Å². The monoisotopic (exact) mass is 1840 g/mol. The topological polar surface area (TPSA) is 488 Å². The Labute approximate surface area is 749 Å². The number of aromatic nitrogens is 16. The van der Waals surface area contributed by atoms with Gasteiger partial charge in [-0.15, -0.1) is 6.42 Å². The van der Waals surface area contributed by atoms with Gasteiger partial charge < -0.3 is 52.3 Å². The van der Waals surface area contributed by atoms with Crippen LogP contribution in [0.15, 0.2) is 214 Å². The molecule has 36 heteroatoms. The molecule has 0 unspecified atom stereocenters. The van der Waals surface area contributed by atoms with Crippen LogP contribution in [-0.2, 0) is 29.1 Å². The van der Waals surface area contributed by atoms with Crippen molar-refractivity contribution in [2.24, 2.45) is 5.73 Å². The summed E-state index contributed by atoms with van der Waals surface area (Å²) in [6.45, 7) is 11.6. The lowest BCUT2D eigenvalue weighted by molar-refractivity contribution is 0.0532. The highest BCUT2D eigenvalue weighted by Gasteiger charge is 2.38. The lowest BCUT2D eigenvalue weighted by Gasteiger charge is -2.19. The quantitative estimate of drug-likeness (QED) is 0.0208. The number of ketones is 1. The van der Waals surface area contributed by atoms with Crippen LogP contribution in [0, 0.1) is 27.8 Å². The van der Waals surface area contributed by atoms with Crippen LogP contribution < -0.4 is 22.9 Å². The van der Waals surface area contributed by atoms with E-state index in [1.54, 1.807) is 149 Å². The molecule has 3 aromatic carbocycles. The van der Waals surface area contributed by atoms with Crippen molar-refractivity contribution in [1.29, 1.82) is 0 Å². The van der Waals surface area contributed by atoms with E-state index in [-0.39, 0.29) is 72.3 Å². The van der Waals surface area contributed by atoms with Gasteiger partial charge >= 0.3 is 12.2 Å². The minimum Gasteiger partial charge on any atom is -0.443 e. The number of nitrogens with two attached hydrogens (primary N) is 4. The molecule has 16 heterocycles. The number of nitrogens with one attached hydrogen (secondary N) is 3. The highest BCUT2D eigenvalue weighted by atomic mass is 127. The molecule has 646 valence electrons. The number of Topliss-reactive ketones (excluding diaryl/α,β-unsaturated/α-hetero) is 1. The molecule has 13 aromatic heterocycles. The third-order valence-corrected chi connectivity index (χ3v) is 20.3. The minimum absolute atomic E-state index is 0.0205. The van der Waals surface area contributed by atoms with E-state index in [2.05, 4.69) is 110 Å². The Morgan fingerprint density at radius 2 is 0.791 bits per heavy atom. The summed E-state index contributed by atoms with van der Waals surface area (Å²) in [4.78, 5) is 172. The second-order valence-electron chi connectivity index (χ2n) is 31.1. The number of hydrogen-bond donors (Lipinski definition) is 7. The Bertz CT molecular complexity index is 7140. The average Bonchev–Trinajstić information content (AvgIpc) is 1.60. The molecular weight excluding hydrogens is 1760 g/mol. The van der Waals surface area contributed by atoms with Crippen LogP contribution >= 0.6 is 22.6 Å². The van der Waals surface area contributed by atoms with Crippen molar-refractivity contribution < 1.29 is 52.6 Å². The van der Waals surface area contributed by atoms with Crippen LogP contribution in [0.3, 0.4) is 0 Å². The molecule has 19 rings (SSSR count). The number of carbonyl (C=O) groups excluding carboxylic acids is 9. The maximum Gasteiger partial charge on any atom is 0.420 e. The second-order valence-corrected chi connectivity index (χ2v) is 32.2. The zero-order chi connectivity index (χ0) is 91.7. The van der Waals surface area contributed by atoms with Gasteiger partial charge in [-0.3, -0.25) is 48.3 Å². The number of imide groups is 3. The normalized spacial score (nSPS) is 12.5. The van der Waals surface area contributed by atoms with E-state index in [0.717, 1.165) is 97.9 Å². The van der Waals surface area contributed by atoms with E-state index >= 15 is 0 Å². The zero-order valence-corrected chi connectivity index (χ0v) is 72.8. The SMILES string of the molecule is C#CCN1C(=O)c2ccccc2C1=O.CC(C)(C)OC(=O)n1cc(C(=O)C#CCN2C(=O)c3ccccc3C2=O)c2cccnc21.CC(C)(C)OC(=O)n1cc(I)c2cccnc21.CN(C)Cc1cc(-c2c[nH]c3ncccc23)nc(N)n1.NCc1cc(-c2c[nH]c3ncccc23)nc(N)n1.Nc1nc(CN2C(=O)c3ccccc3C2=O)cc(-c2c[nH]c3ncccc23)n1. The van der Waals surface area contributed by atoms with Gasteiger partial charge in [-0.1, -0.05) is 48.2 Å². The first-order valence-electron chi connectivity index (χ1n) is 39.7. The van der Waals surface area contributed by atoms with E-state index < -0.39 is 41.0 Å². The summed E-state index contributed by atoms with van der Waals surface area (Å²) in [6.07, 6.45) is 21.0. The molecule has 0 spiro atoms. The minimum atomic E-state index is -0.723. The number of fused-ring (bicyclic) bond motifs is 8. The predicted octanol–water partition coefficient (Wildman–Crippen LogP) is 12.8. The van der Waals surface area contributed by atoms with E-state index in [4.69, 9.17) is 38.8 Å². The van der Waals surface area contributed by atoms with E-state index in [0.29, 0.717) is 62.3 Å². The highest BCUT2D eigenvalue weighted by Crippen LogP contribution is 2.34. The average molecular weight is 1840 g/mol. The van der Waals surface area contributed by atoms with Gasteiger partial charge in [0.25, 0.3) is 35.4 Å². The maximum absolute atomic E-state index is 12.8. The number of anilines is 3. The number of aromatic amines is 3. The number of rotatable bonds is 11. The summed E-state index contributed by atoms with van der Waals surface area (Å²) in [5, 5.41) is 4.32. The summed E-state index contributed by atoms with van der Waals surface area (Å²) in [5.74, 6) is 5.20. The molecule has 6 amide bonds. The van der Waals surface area contributed by atoms with E-state index in [9.17, 15) is 43.2 Å². The number of benzene rings is 3. The van der Waals surface area contributed by atoms with Crippen molar-refractivity contribution >= 4 is 149 Å². The number of nitrogen functional groups attached to an aromatic ring is 3. The van der Waals surface area contributed by atoms with Gasteiger partial charge in [0.15, 0.2) is 0 Å². The molecule has 16 aromatic rings. The van der Waals surface area contributed by atoms with Crippen molar-refractivity contribution in [2.45, 2.75) is 72.4 Å². The third kappa shape index (κ3) is 19.9. The van der Waals surface area contributed by atoms with Crippen LogP contribution in [-0.4, -0.2) is 190 Å². The van der Waals surface area contributed by atoms with Crippen LogP contribution in [0.25, 0.3) is 88.9 Å². The molecule has 11 N–H and O–H groups in total. The number of pyridine rings is 5. The smallest absolute Gasteiger partial charge is 0.420 e. The van der Waals surface area contributed by atoms with E-state index in [1.165, 1.54) is 26.4 Å². The molecular formula is C93H81IN24O11. The number of carbonyl (C=O) groups is 9. The molecule has 0 atom stereocenters. The van der Waals surface area contributed by atoms with Crippen molar-refractivity contribution in [3.05, 3.63) is 273 Å². The summed E-state index contributed by atoms with van der Waals surface area (Å²) < 4.78 is 14.3. The Kier molecular flexibility index (Phi) is 26.1. The fraction of sp³-hybridized carbons (Fsp3) is 0.161. The summed E-state index contributed by atoms with van der Waals surface area (Å²) >= 11 is 2.18. The van der Waals surface area contributed by atoms with Crippen LogP contribution in [0.1, 0.15) is 131 Å². The number of ether oxygens (including phenoxy) is 2. The lowest BCUT2D eigenvalue weighted by Crippen LogP contribution is -2.30. The van der Waals surface area contributed by atoms with Crippen molar-refractivity contribution in [2.75, 3.05) is 44.4 Å². The van der Waals surface area contributed by atoms with Crippen molar-refractivity contribution in [1.82, 2.24) is 98.5 Å². The molecule has 0 bridgehead atoms. The first kappa shape index (κ1) is 88.8. The fourth-order valence-corrected chi connectivity index (χ4v) is 14.6. The first-order chi connectivity index (χ1) is 61.8. The fourth-order valence-electron chi connectivity index (χ4n) is 13.9. The number of amides is 6. The summed E-state index contributed by atoms with van der Waals surface area (Å²) in [6, 6.07) is 44.2. The van der Waals surface area contributed by atoms with Crippen LogP contribution in [0.5, 0.6) is 0 Å². The number of hydrogen-bond acceptors (Lipinski definition) is 27. The molecule has 0 saturated heterocycles. The van der Waals surface area contributed by atoms with Gasteiger partial charge in [-0.2, -0.15) is 0 Å². The first-order valence-corrected chi connectivity index (χ1v) is 40.8. The van der Waals surface area contributed by atoms with Gasteiger partial charge in [0.05, 0.1) is 92.7 Å². The maximum atomic E-state index is 12.8. The molecule has 0 fully saturated rings. The molecule has 0 aliphatic carbocycles. The number of halogens is 1. The zero-order valence-electron chi connectivity index (χ0n) is 70.6. The van der Waals surface area contributed by atoms with Gasteiger partial charge in [0, 0.05) is 122 Å². The van der Waals surface area contributed by atoms with Gasteiger partial charge in [0.2, 0.25) is 23.6 Å². The van der Waals surface area contributed by atoms with Crippen molar-refractivity contribution in [3.63, 3.8) is 0 Å². The molecule has 3 aliphatic heterocycles. The summed E-state index contributed by atoms with van der Waals surface area (Å²) in [5.41, 5.74) is 34.6. The highest BCUT2D eigenvalue weighted by molar-refractivity contribution is 14.1. The molecule has 3 aliphatic rings. The van der Waals surface area contributed by atoms with Crippen LogP contribution in [0.4, 0.5) is 27.4 Å². The third-order valence-electron chi connectivity index (χ3n) is 19.4. The molecule has 35 nitrogen and oxygen atoms in total. The van der Waals surface area contributed by atoms with Crippen LogP contribution in [0.2, 0.25) is 0 Å². The Hall–Kier alpha value is -16.5.